The van der Waals surface area contributed by atoms with Gasteiger partial charge in [-0.15, -0.1) is 8.78 Å². The van der Waals surface area contributed by atoms with Gasteiger partial charge >= 0.3 is 24.3 Å². The smallest absolute Gasteiger partial charge is 0.466 e. The molecular weight excluding hydrogens is 354 g/mol. The van der Waals surface area contributed by atoms with Crippen molar-refractivity contribution in [1.82, 2.24) is 0 Å². The molecule has 1 aromatic rings. The van der Waals surface area contributed by atoms with E-state index < -0.39 is 41.4 Å². The van der Waals surface area contributed by atoms with Crippen molar-refractivity contribution in [3.05, 3.63) is 35.5 Å². The molecule has 1 aliphatic rings. The van der Waals surface area contributed by atoms with Gasteiger partial charge in [-0.2, -0.15) is 8.78 Å². The van der Waals surface area contributed by atoms with Crippen LogP contribution in [0.4, 0.5) is 23.2 Å². The van der Waals surface area contributed by atoms with E-state index in [1.165, 1.54) is 0 Å². The van der Waals surface area contributed by atoms with Crippen molar-refractivity contribution in [2.75, 3.05) is 19.5 Å². The van der Waals surface area contributed by atoms with Crippen molar-refractivity contribution in [3.8, 4) is 5.75 Å². The van der Waals surface area contributed by atoms with Gasteiger partial charge in [-0.1, -0.05) is 0 Å². The zero-order valence-electron chi connectivity index (χ0n) is 12.8. The lowest BCUT2D eigenvalue weighted by molar-refractivity contribution is -0.461. The van der Waals surface area contributed by atoms with E-state index in [4.69, 9.17) is 0 Å². The highest BCUT2D eigenvalue weighted by molar-refractivity contribution is 5.98. The molecule has 0 atom stereocenters. The van der Waals surface area contributed by atoms with Gasteiger partial charge in [0.25, 0.3) is 0 Å². The van der Waals surface area contributed by atoms with Gasteiger partial charge < -0.3 is 19.5 Å². The van der Waals surface area contributed by atoms with Crippen molar-refractivity contribution in [1.29, 1.82) is 0 Å². The lowest BCUT2D eigenvalue weighted by Gasteiger charge is -2.30. The summed E-state index contributed by atoms with van der Waals surface area (Å²) in [4.78, 5) is 22.9. The minimum atomic E-state index is -4.49. The van der Waals surface area contributed by atoms with Crippen LogP contribution < -0.4 is 10.1 Å². The van der Waals surface area contributed by atoms with Crippen molar-refractivity contribution < 1.29 is 46.1 Å². The molecule has 0 aromatic heterocycles. The van der Waals surface area contributed by atoms with Crippen LogP contribution in [-0.2, 0) is 29.9 Å². The first-order chi connectivity index (χ1) is 11.6. The quantitative estimate of drug-likeness (QED) is 0.498. The van der Waals surface area contributed by atoms with Gasteiger partial charge in [0.1, 0.15) is 11.4 Å². The topological polar surface area (TPSA) is 83.1 Å². The Labute approximate surface area is 138 Å². The molecule has 0 saturated heterocycles. The molecule has 0 aliphatic carbocycles. The van der Waals surface area contributed by atoms with Gasteiger partial charge in [-0.25, -0.2) is 14.3 Å². The van der Waals surface area contributed by atoms with Gasteiger partial charge in [0.2, 0.25) is 0 Å². The fourth-order valence-corrected chi connectivity index (χ4v) is 1.87. The van der Waals surface area contributed by atoms with E-state index in [1.54, 1.807) is 0 Å². The maximum atomic E-state index is 13.7. The molecule has 1 N–H and O–H groups in total. The molecular formula is C14H11F4NO6. The van der Waals surface area contributed by atoms with Crippen molar-refractivity contribution >= 4 is 17.6 Å². The monoisotopic (exact) mass is 365 g/mol. The number of carbonyl (C=O) groups is 2. The summed E-state index contributed by atoms with van der Waals surface area (Å²) in [5.74, 6) is -2.71. The number of hydrogen-bond acceptors (Lipinski definition) is 7. The zero-order valence-corrected chi connectivity index (χ0v) is 12.8. The molecule has 0 saturated carbocycles. The number of carbonyl (C=O) groups excluding carboxylic acids is 2. The van der Waals surface area contributed by atoms with E-state index in [0.29, 0.717) is 0 Å². The van der Waals surface area contributed by atoms with E-state index in [2.05, 4.69) is 24.3 Å². The summed E-state index contributed by atoms with van der Waals surface area (Å²) < 4.78 is 69.5. The summed E-state index contributed by atoms with van der Waals surface area (Å²) >= 11 is 0. The molecule has 0 amide bonds. The Morgan fingerprint density at radius 2 is 1.84 bits per heavy atom. The Bertz CT molecular complexity index is 734. The van der Waals surface area contributed by atoms with E-state index in [0.717, 1.165) is 38.5 Å². The zero-order chi connectivity index (χ0) is 18.8. The third kappa shape index (κ3) is 4.18. The van der Waals surface area contributed by atoms with Crippen LogP contribution in [0, 0.1) is 0 Å². The van der Waals surface area contributed by atoms with Crippen molar-refractivity contribution in [2.45, 2.75) is 12.4 Å². The highest BCUT2D eigenvalue weighted by Gasteiger charge is 2.54. The maximum Gasteiger partial charge on any atom is 0.540 e. The normalized spacial score (nSPS) is 17.8. The van der Waals surface area contributed by atoms with Crippen LogP contribution in [0.15, 0.2) is 30.0 Å². The Morgan fingerprint density at radius 1 is 1.16 bits per heavy atom. The lowest BCUT2D eigenvalue weighted by atomic mass is 10.1. The molecule has 0 unspecified atom stereocenters. The van der Waals surface area contributed by atoms with Crippen LogP contribution >= 0.6 is 0 Å². The summed E-state index contributed by atoms with van der Waals surface area (Å²) in [7, 11) is 2.09. The van der Waals surface area contributed by atoms with Gasteiger partial charge in [0.05, 0.1) is 25.9 Å². The van der Waals surface area contributed by atoms with Crippen LogP contribution in [0.3, 0.4) is 0 Å². The fraction of sp³-hybridized carbons (Fsp3) is 0.286. The van der Waals surface area contributed by atoms with Crippen LogP contribution in [0.5, 0.6) is 5.75 Å². The summed E-state index contributed by atoms with van der Waals surface area (Å²) in [6.45, 7) is 0. The average molecular weight is 365 g/mol. The number of alkyl halides is 4. The standard InChI is InChI=1S/C14H11F4NO6/c1-22-11(20)6-9(12(21)23-2)19-7-3-4-10-8(5-7)13(15,16)25-14(17,18)24-10/h3-6,19H,1-2H3/b9-6+. The summed E-state index contributed by atoms with van der Waals surface area (Å²) in [6, 6.07) is 2.62. The van der Waals surface area contributed by atoms with Crippen molar-refractivity contribution in [3.63, 3.8) is 0 Å². The first-order valence-electron chi connectivity index (χ1n) is 6.52. The number of ether oxygens (including phenoxy) is 4. The Morgan fingerprint density at radius 3 is 2.44 bits per heavy atom. The number of rotatable bonds is 4. The summed E-state index contributed by atoms with van der Waals surface area (Å²) in [6.07, 6.45) is -8.11. The number of nitrogens with one attached hydrogen (secondary N) is 1. The number of methoxy groups -OCH3 is 2. The number of benzene rings is 1. The molecule has 1 aliphatic heterocycles. The third-order valence-electron chi connectivity index (χ3n) is 2.92. The highest BCUT2D eigenvalue weighted by atomic mass is 19.3. The molecule has 0 fully saturated rings. The minimum absolute atomic E-state index is 0.142. The van der Waals surface area contributed by atoms with Crippen molar-refractivity contribution in [2.24, 2.45) is 0 Å². The molecule has 1 aromatic carbocycles. The van der Waals surface area contributed by atoms with Crippen LogP contribution in [0.1, 0.15) is 5.56 Å². The van der Waals surface area contributed by atoms with E-state index in [9.17, 15) is 27.2 Å². The van der Waals surface area contributed by atoms with Gasteiger partial charge in [0.15, 0.2) is 0 Å². The van der Waals surface area contributed by atoms with E-state index >= 15 is 0 Å². The molecule has 25 heavy (non-hydrogen) atoms. The molecule has 11 heteroatoms. The Balaban J connectivity index is 2.37. The fourth-order valence-electron chi connectivity index (χ4n) is 1.87. The predicted octanol–water partition coefficient (Wildman–Crippen LogP) is 2.34. The number of esters is 2. The molecule has 136 valence electrons. The number of fused-ring (bicyclic) bond motifs is 1. The molecule has 1 heterocycles. The summed E-state index contributed by atoms with van der Waals surface area (Å²) in [5, 5.41) is 2.36. The second-order valence-corrected chi connectivity index (χ2v) is 4.59. The second kappa shape index (κ2) is 6.59. The SMILES string of the molecule is COC(=O)/C=C(/Nc1ccc2c(c1)C(F)(F)OC(F)(F)O2)C(=O)OC. The summed E-state index contributed by atoms with van der Waals surface area (Å²) in [5.41, 5.74) is -1.57. The predicted molar refractivity (Wildman–Crippen MR) is 72.7 cm³/mol. The van der Waals surface area contributed by atoms with Crippen LogP contribution in [-0.4, -0.2) is 32.5 Å². The van der Waals surface area contributed by atoms with Crippen LogP contribution in [0.2, 0.25) is 0 Å². The second-order valence-electron chi connectivity index (χ2n) is 4.59. The van der Waals surface area contributed by atoms with E-state index in [-0.39, 0.29) is 5.69 Å². The van der Waals surface area contributed by atoms with Gasteiger partial charge in [-0.3, -0.25) is 0 Å². The number of halogens is 4. The molecule has 0 radical (unpaired) electrons. The van der Waals surface area contributed by atoms with Crippen LogP contribution in [0.25, 0.3) is 0 Å². The van der Waals surface area contributed by atoms with Gasteiger partial charge in [-0.05, 0) is 18.2 Å². The van der Waals surface area contributed by atoms with Gasteiger partial charge in [0, 0.05) is 5.69 Å². The van der Waals surface area contributed by atoms with E-state index in [1.807, 2.05) is 0 Å². The number of hydrogen-bond donors (Lipinski definition) is 1. The average Bonchev–Trinajstić information content (AvgIpc) is 2.52. The first-order valence-corrected chi connectivity index (χ1v) is 6.52. The number of anilines is 1. The Kier molecular flexibility index (Phi) is 4.88. The maximum absolute atomic E-state index is 13.7. The first kappa shape index (κ1) is 18.5. The molecule has 7 nitrogen and oxygen atoms in total. The third-order valence-corrected chi connectivity index (χ3v) is 2.92. The molecule has 2 rings (SSSR count). The lowest BCUT2D eigenvalue weighted by Crippen LogP contribution is -2.41. The minimum Gasteiger partial charge on any atom is -0.466 e. The highest BCUT2D eigenvalue weighted by Crippen LogP contribution is 2.46. The largest absolute Gasteiger partial charge is 0.540 e. The molecule has 0 bridgehead atoms. The molecule has 0 spiro atoms. The Hall–Kier alpha value is -2.82.